The van der Waals surface area contributed by atoms with Gasteiger partial charge < -0.3 is 4.52 Å². The first-order chi connectivity index (χ1) is 11.1. The molecule has 2 aromatic rings. The first kappa shape index (κ1) is 15.7. The second-order valence-electron chi connectivity index (χ2n) is 6.06. The number of anilines is 1. The van der Waals surface area contributed by atoms with Crippen LogP contribution in [0, 0.1) is 6.92 Å². The number of rotatable bonds is 5. The molecule has 0 atom stereocenters. The number of nitrogens with one attached hydrogen (secondary N) is 1. The summed E-state index contributed by atoms with van der Waals surface area (Å²) in [6, 6.07) is 1.72. The van der Waals surface area contributed by atoms with Crippen LogP contribution in [0.5, 0.6) is 0 Å². The van der Waals surface area contributed by atoms with Crippen molar-refractivity contribution in [3.8, 4) is 0 Å². The lowest BCUT2D eigenvalue weighted by Gasteiger charge is -2.30. The van der Waals surface area contributed by atoms with E-state index in [1.165, 1.54) is 5.56 Å². The van der Waals surface area contributed by atoms with Crippen LogP contribution in [0.3, 0.4) is 0 Å². The van der Waals surface area contributed by atoms with Crippen molar-refractivity contribution in [2.75, 3.05) is 25.0 Å². The average molecular weight is 317 g/mol. The van der Waals surface area contributed by atoms with E-state index in [4.69, 9.17) is 4.52 Å². The average Bonchev–Trinajstić information content (AvgIpc) is 3.17. The lowest BCUT2D eigenvalue weighted by molar-refractivity contribution is -0.117. The molecule has 0 unspecified atom stereocenters. The van der Waals surface area contributed by atoms with Gasteiger partial charge in [-0.3, -0.25) is 19.7 Å². The van der Waals surface area contributed by atoms with Gasteiger partial charge >= 0.3 is 0 Å². The van der Waals surface area contributed by atoms with Gasteiger partial charge in [-0.25, -0.2) is 0 Å². The molecule has 0 aromatic carbocycles. The van der Waals surface area contributed by atoms with E-state index in [-0.39, 0.29) is 5.91 Å². The van der Waals surface area contributed by atoms with Gasteiger partial charge in [-0.1, -0.05) is 5.16 Å². The summed E-state index contributed by atoms with van der Waals surface area (Å²) < 4.78 is 6.97. The number of amides is 1. The number of carbonyl (C=O) groups excluding carboxylic acids is 1. The van der Waals surface area contributed by atoms with Gasteiger partial charge in [0, 0.05) is 18.8 Å². The summed E-state index contributed by atoms with van der Waals surface area (Å²) in [5.74, 6) is 0.902. The number of piperidine rings is 1. The zero-order chi connectivity index (χ0) is 16.2. The third-order valence-corrected chi connectivity index (χ3v) is 4.29. The lowest BCUT2D eigenvalue weighted by Crippen LogP contribution is -2.38. The summed E-state index contributed by atoms with van der Waals surface area (Å²) >= 11 is 0. The maximum absolute atomic E-state index is 12.0. The third-order valence-electron chi connectivity index (χ3n) is 4.29. The molecule has 7 heteroatoms. The lowest BCUT2D eigenvalue weighted by atomic mass is 9.91. The highest BCUT2D eigenvalue weighted by molar-refractivity contribution is 5.90. The highest BCUT2D eigenvalue weighted by atomic mass is 16.5. The Balaban J connectivity index is 1.46. The van der Waals surface area contributed by atoms with Crippen LogP contribution in [0.4, 0.5) is 5.88 Å². The van der Waals surface area contributed by atoms with Crippen molar-refractivity contribution in [2.24, 2.45) is 0 Å². The Morgan fingerprint density at radius 1 is 1.43 bits per heavy atom. The molecular weight excluding hydrogens is 294 g/mol. The Morgan fingerprint density at radius 3 is 2.83 bits per heavy atom. The molecule has 0 spiro atoms. The molecule has 3 heterocycles. The maximum Gasteiger partial charge on any atom is 0.240 e. The zero-order valence-corrected chi connectivity index (χ0v) is 13.7. The Labute approximate surface area is 135 Å². The second kappa shape index (κ2) is 6.95. The highest BCUT2D eigenvalue weighted by Gasteiger charge is 2.23. The predicted octanol–water partition coefficient (Wildman–Crippen LogP) is 2.02. The van der Waals surface area contributed by atoms with E-state index < -0.39 is 0 Å². The molecule has 1 aliphatic heterocycles. The van der Waals surface area contributed by atoms with Crippen molar-refractivity contribution in [3.05, 3.63) is 29.7 Å². The van der Waals surface area contributed by atoms with Gasteiger partial charge in [0.25, 0.3) is 0 Å². The molecule has 3 rings (SSSR count). The molecule has 124 valence electrons. The van der Waals surface area contributed by atoms with Gasteiger partial charge in [-0.2, -0.15) is 5.10 Å². The molecule has 1 fully saturated rings. The fourth-order valence-electron chi connectivity index (χ4n) is 2.99. The highest BCUT2D eigenvalue weighted by Crippen LogP contribution is 2.27. The topological polar surface area (TPSA) is 76.2 Å². The number of hydrogen-bond donors (Lipinski definition) is 1. The summed E-state index contributed by atoms with van der Waals surface area (Å²) in [7, 11) is 0. The number of carbonyl (C=O) groups is 1. The van der Waals surface area contributed by atoms with Crippen LogP contribution in [0.15, 0.2) is 23.0 Å². The molecule has 1 aliphatic rings. The second-order valence-corrected chi connectivity index (χ2v) is 6.06. The van der Waals surface area contributed by atoms with Crippen molar-refractivity contribution in [1.29, 1.82) is 0 Å². The van der Waals surface area contributed by atoms with E-state index >= 15 is 0 Å². The van der Waals surface area contributed by atoms with Crippen LogP contribution >= 0.6 is 0 Å². The summed E-state index contributed by atoms with van der Waals surface area (Å²) in [4.78, 5) is 14.2. The number of hydrogen-bond acceptors (Lipinski definition) is 5. The van der Waals surface area contributed by atoms with Crippen molar-refractivity contribution < 1.29 is 9.32 Å². The first-order valence-electron chi connectivity index (χ1n) is 8.12. The standard InChI is InChI=1S/C16H23N5O2/c1-3-21-10-14(9-17-21)13-4-6-20(7-5-13)11-15(22)18-16-8-12(2)19-23-16/h8-10,13H,3-7,11H2,1-2H3,(H,18,22). The molecule has 0 bridgehead atoms. The smallest absolute Gasteiger partial charge is 0.240 e. The van der Waals surface area contributed by atoms with Crippen LogP contribution < -0.4 is 5.32 Å². The van der Waals surface area contributed by atoms with Gasteiger partial charge in [0.1, 0.15) is 0 Å². The van der Waals surface area contributed by atoms with Crippen LogP contribution in [-0.2, 0) is 11.3 Å². The fourth-order valence-corrected chi connectivity index (χ4v) is 2.99. The summed E-state index contributed by atoms with van der Waals surface area (Å²) in [6.45, 7) is 7.05. The van der Waals surface area contributed by atoms with Crippen LogP contribution in [0.2, 0.25) is 0 Å². The first-order valence-corrected chi connectivity index (χ1v) is 8.12. The Hall–Kier alpha value is -2.15. The molecule has 1 N–H and O–H groups in total. The molecular formula is C16H23N5O2. The van der Waals surface area contributed by atoms with Gasteiger partial charge in [-0.05, 0) is 51.3 Å². The van der Waals surface area contributed by atoms with Crippen molar-refractivity contribution in [2.45, 2.75) is 39.2 Å². The van der Waals surface area contributed by atoms with E-state index in [0.29, 0.717) is 18.3 Å². The molecule has 1 saturated heterocycles. The number of likely N-dealkylation sites (tertiary alicyclic amines) is 1. The van der Waals surface area contributed by atoms with Crippen molar-refractivity contribution >= 4 is 11.8 Å². The Bertz CT molecular complexity index is 655. The summed E-state index contributed by atoms with van der Waals surface area (Å²) in [5, 5.41) is 10.8. The van der Waals surface area contributed by atoms with Gasteiger partial charge in [0.2, 0.25) is 11.8 Å². The van der Waals surface area contributed by atoms with Gasteiger partial charge in [-0.15, -0.1) is 0 Å². The maximum atomic E-state index is 12.0. The molecule has 7 nitrogen and oxygen atoms in total. The summed E-state index contributed by atoms with van der Waals surface area (Å²) in [5.41, 5.74) is 2.07. The van der Waals surface area contributed by atoms with E-state index in [1.54, 1.807) is 6.07 Å². The molecule has 0 aliphatic carbocycles. The number of aryl methyl sites for hydroxylation is 2. The summed E-state index contributed by atoms with van der Waals surface area (Å²) in [6.07, 6.45) is 6.23. The molecule has 0 saturated carbocycles. The molecule has 2 aromatic heterocycles. The predicted molar refractivity (Wildman–Crippen MR) is 86.2 cm³/mol. The van der Waals surface area contributed by atoms with Gasteiger partial charge in [0.05, 0.1) is 18.4 Å². The molecule has 23 heavy (non-hydrogen) atoms. The van der Waals surface area contributed by atoms with Gasteiger partial charge in [0.15, 0.2) is 0 Å². The Morgan fingerprint density at radius 2 is 2.22 bits per heavy atom. The normalized spacial score (nSPS) is 16.6. The minimum Gasteiger partial charge on any atom is -0.338 e. The van der Waals surface area contributed by atoms with Crippen LogP contribution in [0.25, 0.3) is 0 Å². The van der Waals surface area contributed by atoms with E-state index in [0.717, 1.165) is 38.2 Å². The minimum absolute atomic E-state index is 0.0570. The third kappa shape index (κ3) is 3.98. The largest absolute Gasteiger partial charge is 0.338 e. The molecule has 0 radical (unpaired) electrons. The van der Waals surface area contributed by atoms with Crippen molar-refractivity contribution in [1.82, 2.24) is 19.8 Å². The molecule has 1 amide bonds. The van der Waals surface area contributed by atoms with Crippen LogP contribution in [-0.4, -0.2) is 45.4 Å². The zero-order valence-electron chi connectivity index (χ0n) is 13.7. The van der Waals surface area contributed by atoms with E-state index in [2.05, 4.69) is 33.6 Å². The van der Waals surface area contributed by atoms with E-state index in [9.17, 15) is 4.79 Å². The van der Waals surface area contributed by atoms with Crippen molar-refractivity contribution in [3.63, 3.8) is 0 Å². The number of aromatic nitrogens is 3. The Kier molecular flexibility index (Phi) is 4.76. The monoisotopic (exact) mass is 317 g/mol. The minimum atomic E-state index is -0.0570. The number of nitrogens with zero attached hydrogens (tertiary/aromatic N) is 4. The quantitative estimate of drug-likeness (QED) is 0.913. The van der Waals surface area contributed by atoms with E-state index in [1.807, 2.05) is 17.8 Å². The SMILES string of the molecule is CCn1cc(C2CCN(CC(=O)Nc3cc(C)no3)CC2)cn1. The van der Waals surface area contributed by atoms with Crippen LogP contribution in [0.1, 0.15) is 36.9 Å². The fraction of sp³-hybridized carbons (Fsp3) is 0.562.